The summed E-state index contributed by atoms with van der Waals surface area (Å²) in [5.74, 6) is 1.71. The second-order valence-corrected chi connectivity index (χ2v) is 4.40. The first-order valence-electron chi connectivity index (χ1n) is 7.03. The zero-order valence-corrected chi connectivity index (χ0v) is 11.8. The lowest BCUT2D eigenvalue weighted by Gasteiger charge is -2.09. The van der Waals surface area contributed by atoms with Crippen LogP contribution in [0.15, 0.2) is 54.6 Å². The summed E-state index contributed by atoms with van der Waals surface area (Å²) in [6, 6.07) is 18.0. The zero-order valence-electron chi connectivity index (χ0n) is 11.8. The van der Waals surface area contributed by atoms with Crippen LogP contribution in [0, 0.1) is 0 Å². The molecule has 0 fully saturated rings. The average Bonchev–Trinajstić information content (AvgIpc) is 2.49. The van der Waals surface area contributed by atoms with Crippen molar-refractivity contribution < 1.29 is 9.47 Å². The molecule has 0 aliphatic heterocycles. The highest BCUT2D eigenvalue weighted by Gasteiger charge is 1.97. The van der Waals surface area contributed by atoms with Crippen LogP contribution in [-0.2, 0) is 0 Å². The van der Waals surface area contributed by atoms with Crippen molar-refractivity contribution in [3.63, 3.8) is 0 Å². The summed E-state index contributed by atoms with van der Waals surface area (Å²) in [5, 5.41) is 3.36. The molecule has 2 rings (SSSR count). The molecule has 0 aromatic heterocycles. The Labute approximate surface area is 120 Å². The van der Waals surface area contributed by atoms with Gasteiger partial charge in [0.2, 0.25) is 0 Å². The molecule has 0 heterocycles. The molecule has 2 aromatic carbocycles. The van der Waals surface area contributed by atoms with Crippen molar-refractivity contribution in [3.05, 3.63) is 54.6 Å². The number of nitrogens with one attached hydrogen (secondary N) is 1. The van der Waals surface area contributed by atoms with Gasteiger partial charge in [0.15, 0.2) is 0 Å². The third-order valence-electron chi connectivity index (χ3n) is 2.81. The van der Waals surface area contributed by atoms with E-state index in [9.17, 15) is 0 Å². The molecule has 0 atom stereocenters. The second kappa shape index (κ2) is 8.10. The van der Waals surface area contributed by atoms with Crippen molar-refractivity contribution in [2.24, 2.45) is 0 Å². The quantitative estimate of drug-likeness (QED) is 0.737. The first kappa shape index (κ1) is 14.3. The summed E-state index contributed by atoms with van der Waals surface area (Å²) in [6.07, 6.45) is 0.952. The smallest absolute Gasteiger partial charge is 0.122 e. The lowest BCUT2D eigenvalue weighted by Crippen LogP contribution is -2.07. The number of anilines is 1. The molecule has 3 heteroatoms. The second-order valence-electron chi connectivity index (χ2n) is 4.40. The molecule has 20 heavy (non-hydrogen) atoms. The van der Waals surface area contributed by atoms with Crippen molar-refractivity contribution in [2.45, 2.75) is 13.3 Å². The Morgan fingerprint density at radius 3 is 2.40 bits per heavy atom. The molecule has 0 bridgehead atoms. The zero-order chi connectivity index (χ0) is 14.0. The van der Waals surface area contributed by atoms with Crippen LogP contribution >= 0.6 is 0 Å². The highest BCUT2D eigenvalue weighted by molar-refractivity contribution is 5.42. The summed E-state index contributed by atoms with van der Waals surface area (Å²) >= 11 is 0. The van der Waals surface area contributed by atoms with Crippen LogP contribution in [0.3, 0.4) is 0 Å². The van der Waals surface area contributed by atoms with Gasteiger partial charge in [0.05, 0.1) is 13.2 Å². The molecule has 0 amide bonds. The molecule has 0 unspecified atom stereocenters. The van der Waals surface area contributed by atoms with Crippen molar-refractivity contribution in [1.29, 1.82) is 0 Å². The maximum Gasteiger partial charge on any atom is 0.122 e. The van der Waals surface area contributed by atoms with E-state index in [1.807, 2.05) is 49.4 Å². The van der Waals surface area contributed by atoms with Gasteiger partial charge >= 0.3 is 0 Å². The monoisotopic (exact) mass is 271 g/mol. The summed E-state index contributed by atoms with van der Waals surface area (Å²) in [4.78, 5) is 0. The molecule has 106 valence electrons. The highest BCUT2D eigenvalue weighted by Crippen LogP contribution is 2.19. The van der Waals surface area contributed by atoms with Crippen LogP contribution in [0.2, 0.25) is 0 Å². The van der Waals surface area contributed by atoms with E-state index in [2.05, 4.69) is 17.4 Å². The number of benzene rings is 2. The van der Waals surface area contributed by atoms with E-state index in [1.165, 1.54) is 0 Å². The third kappa shape index (κ3) is 4.84. The van der Waals surface area contributed by atoms with Crippen LogP contribution < -0.4 is 14.8 Å². The van der Waals surface area contributed by atoms with Gasteiger partial charge in [-0.2, -0.15) is 0 Å². The van der Waals surface area contributed by atoms with Crippen LogP contribution in [0.1, 0.15) is 13.3 Å². The van der Waals surface area contributed by atoms with E-state index in [4.69, 9.17) is 9.47 Å². The predicted octanol–water partition coefficient (Wildman–Crippen LogP) is 3.97. The van der Waals surface area contributed by atoms with E-state index < -0.39 is 0 Å². The normalized spacial score (nSPS) is 10.1. The van der Waals surface area contributed by atoms with Gasteiger partial charge in [-0.1, -0.05) is 24.3 Å². The number of hydrogen-bond acceptors (Lipinski definition) is 3. The van der Waals surface area contributed by atoms with Crippen molar-refractivity contribution in [3.8, 4) is 11.5 Å². The molecule has 0 spiro atoms. The van der Waals surface area contributed by atoms with Gasteiger partial charge in [-0.05, 0) is 37.6 Å². The first-order valence-corrected chi connectivity index (χ1v) is 7.03. The number of para-hydroxylation sites is 1. The first-order chi connectivity index (χ1) is 9.88. The van der Waals surface area contributed by atoms with Crippen molar-refractivity contribution in [1.82, 2.24) is 0 Å². The van der Waals surface area contributed by atoms with Gasteiger partial charge in [0, 0.05) is 18.3 Å². The van der Waals surface area contributed by atoms with E-state index >= 15 is 0 Å². The fourth-order valence-electron chi connectivity index (χ4n) is 1.87. The van der Waals surface area contributed by atoms with E-state index in [0.29, 0.717) is 13.2 Å². The minimum Gasteiger partial charge on any atom is -0.494 e. The fraction of sp³-hybridized carbons (Fsp3) is 0.294. The van der Waals surface area contributed by atoms with Gasteiger partial charge in [0.1, 0.15) is 11.5 Å². The maximum atomic E-state index is 5.71. The fourth-order valence-corrected chi connectivity index (χ4v) is 1.87. The Hall–Kier alpha value is -2.16. The SMILES string of the molecule is CCOc1cccc(OCCCNc2ccccc2)c1. The largest absolute Gasteiger partial charge is 0.494 e. The predicted molar refractivity (Wildman–Crippen MR) is 82.7 cm³/mol. The van der Waals surface area contributed by atoms with Gasteiger partial charge in [0.25, 0.3) is 0 Å². The molecular formula is C17H21NO2. The Balaban J connectivity index is 1.67. The van der Waals surface area contributed by atoms with Gasteiger partial charge in [-0.25, -0.2) is 0 Å². The highest BCUT2D eigenvalue weighted by atomic mass is 16.5. The molecule has 0 radical (unpaired) electrons. The van der Waals surface area contributed by atoms with Crippen LogP contribution in [-0.4, -0.2) is 19.8 Å². The summed E-state index contributed by atoms with van der Waals surface area (Å²) < 4.78 is 11.2. The summed E-state index contributed by atoms with van der Waals surface area (Å²) in [5.41, 5.74) is 1.14. The van der Waals surface area contributed by atoms with Gasteiger partial charge < -0.3 is 14.8 Å². The van der Waals surface area contributed by atoms with E-state index in [-0.39, 0.29) is 0 Å². The molecule has 0 aliphatic rings. The van der Waals surface area contributed by atoms with E-state index in [1.54, 1.807) is 0 Å². The van der Waals surface area contributed by atoms with E-state index in [0.717, 1.165) is 30.2 Å². The molecule has 1 N–H and O–H groups in total. The lowest BCUT2D eigenvalue weighted by molar-refractivity contribution is 0.307. The molecule has 0 saturated heterocycles. The van der Waals surface area contributed by atoms with Crippen LogP contribution in [0.4, 0.5) is 5.69 Å². The van der Waals surface area contributed by atoms with Crippen molar-refractivity contribution >= 4 is 5.69 Å². The molecule has 2 aromatic rings. The molecular weight excluding hydrogens is 250 g/mol. The Bertz CT molecular complexity index is 499. The summed E-state index contributed by atoms with van der Waals surface area (Å²) in [6.45, 7) is 4.23. The molecule has 0 aliphatic carbocycles. The van der Waals surface area contributed by atoms with Gasteiger partial charge in [-0.15, -0.1) is 0 Å². The topological polar surface area (TPSA) is 30.5 Å². The lowest BCUT2D eigenvalue weighted by atomic mass is 10.3. The Kier molecular flexibility index (Phi) is 5.77. The van der Waals surface area contributed by atoms with Crippen molar-refractivity contribution in [2.75, 3.05) is 25.1 Å². The molecule has 3 nitrogen and oxygen atoms in total. The third-order valence-corrected chi connectivity index (χ3v) is 2.81. The van der Waals surface area contributed by atoms with Gasteiger partial charge in [-0.3, -0.25) is 0 Å². The average molecular weight is 271 g/mol. The van der Waals surface area contributed by atoms with Crippen LogP contribution in [0.25, 0.3) is 0 Å². The number of rotatable bonds is 8. The Morgan fingerprint density at radius 1 is 0.900 bits per heavy atom. The van der Waals surface area contributed by atoms with Crippen LogP contribution in [0.5, 0.6) is 11.5 Å². The standard InChI is InChI=1S/C17H21NO2/c1-2-19-16-10-6-11-17(14-16)20-13-7-12-18-15-8-4-3-5-9-15/h3-6,8-11,14,18H,2,7,12-13H2,1H3. The maximum absolute atomic E-state index is 5.71. The molecule has 0 saturated carbocycles. The minimum absolute atomic E-state index is 0.671. The number of hydrogen-bond donors (Lipinski definition) is 1. The summed E-state index contributed by atoms with van der Waals surface area (Å²) in [7, 11) is 0. The Morgan fingerprint density at radius 2 is 1.65 bits per heavy atom. The minimum atomic E-state index is 0.671. The number of ether oxygens (including phenoxy) is 2.